The highest BCUT2D eigenvalue weighted by Crippen LogP contribution is 2.36. The van der Waals surface area contributed by atoms with Crippen molar-refractivity contribution < 1.29 is 9.47 Å². The highest BCUT2D eigenvalue weighted by molar-refractivity contribution is 7.80. The average Bonchev–Trinajstić information content (AvgIpc) is 2.85. The van der Waals surface area contributed by atoms with E-state index in [9.17, 15) is 0 Å². The maximum absolute atomic E-state index is 6.13. The molecule has 0 aliphatic carbocycles. The monoisotopic (exact) mass is 306 g/mol. The van der Waals surface area contributed by atoms with E-state index in [0.29, 0.717) is 16.3 Å². The molecule has 4 nitrogen and oxygen atoms in total. The highest BCUT2D eigenvalue weighted by Gasteiger charge is 2.15. The zero-order valence-corrected chi connectivity index (χ0v) is 11.9. The van der Waals surface area contributed by atoms with Gasteiger partial charge in [-0.05, 0) is 24.3 Å². The molecule has 3 N–H and O–H groups in total. The number of rotatable bonds is 3. The zero-order valence-electron chi connectivity index (χ0n) is 10.4. The lowest BCUT2D eigenvalue weighted by Gasteiger charge is -2.13. The molecule has 1 heterocycles. The minimum Gasteiger partial charge on any atom is -0.454 e. The summed E-state index contributed by atoms with van der Waals surface area (Å²) in [6, 6.07) is 11.0. The van der Waals surface area contributed by atoms with Crippen LogP contribution in [0.1, 0.15) is 5.56 Å². The van der Waals surface area contributed by atoms with E-state index < -0.39 is 0 Å². The second-order valence-corrected chi connectivity index (χ2v) is 5.07. The smallest absolute Gasteiger partial charge is 0.231 e. The lowest BCUT2D eigenvalue weighted by molar-refractivity contribution is 0.174. The number of anilines is 2. The first-order valence-electron chi connectivity index (χ1n) is 5.90. The molecule has 0 spiro atoms. The molecule has 0 bridgehead atoms. The van der Waals surface area contributed by atoms with Crippen molar-refractivity contribution in [3.63, 3.8) is 0 Å². The van der Waals surface area contributed by atoms with Gasteiger partial charge in [-0.15, -0.1) is 0 Å². The standard InChI is InChI=1S/C14H11ClN2O2S/c15-9-2-1-3-10(13(9)14(16)20)17-8-4-5-11-12(6-8)19-7-18-11/h1-6,17H,7H2,(H2,16,20). The van der Waals surface area contributed by atoms with Gasteiger partial charge in [-0.3, -0.25) is 0 Å². The number of fused-ring (bicyclic) bond motifs is 1. The summed E-state index contributed by atoms with van der Waals surface area (Å²) in [7, 11) is 0. The van der Waals surface area contributed by atoms with Gasteiger partial charge in [0.25, 0.3) is 0 Å². The van der Waals surface area contributed by atoms with E-state index in [1.54, 1.807) is 6.07 Å². The molecule has 3 rings (SSSR count). The third-order valence-electron chi connectivity index (χ3n) is 2.91. The van der Waals surface area contributed by atoms with Crippen LogP contribution in [0, 0.1) is 0 Å². The number of hydrogen-bond donors (Lipinski definition) is 2. The lowest BCUT2D eigenvalue weighted by atomic mass is 10.1. The minimum atomic E-state index is 0.244. The van der Waals surface area contributed by atoms with Crippen LogP contribution in [-0.4, -0.2) is 11.8 Å². The fourth-order valence-electron chi connectivity index (χ4n) is 2.01. The summed E-state index contributed by atoms with van der Waals surface area (Å²) >= 11 is 11.2. The zero-order chi connectivity index (χ0) is 14.1. The summed E-state index contributed by atoms with van der Waals surface area (Å²) in [5.74, 6) is 1.44. The predicted molar refractivity (Wildman–Crippen MR) is 83.2 cm³/mol. The first-order chi connectivity index (χ1) is 9.65. The Kier molecular flexibility index (Phi) is 3.38. The highest BCUT2D eigenvalue weighted by atomic mass is 35.5. The first-order valence-corrected chi connectivity index (χ1v) is 6.69. The molecule has 0 fully saturated rings. The maximum Gasteiger partial charge on any atom is 0.231 e. The number of benzene rings is 2. The van der Waals surface area contributed by atoms with Gasteiger partial charge in [-0.2, -0.15) is 0 Å². The van der Waals surface area contributed by atoms with Crippen molar-refractivity contribution in [1.29, 1.82) is 0 Å². The van der Waals surface area contributed by atoms with Crippen molar-refractivity contribution in [2.45, 2.75) is 0 Å². The Morgan fingerprint density at radius 2 is 2.00 bits per heavy atom. The molecule has 20 heavy (non-hydrogen) atoms. The van der Waals surface area contributed by atoms with Crippen LogP contribution in [0.25, 0.3) is 0 Å². The van der Waals surface area contributed by atoms with Gasteiger partial charge in [-0.25, -0.2) is 0 Å². The van der Waals surface area contributed by atoms with Gasteiger partial charge < -0.3 is 20.5 Å². The van der Waals surface area contributed by atoms with Crippen LogP contribution < -0.4 is 20.5 Å². The van der Waals surface area contributed by atoms with Gasteiger partial charge >= 0.3 is 0 Å². The lowest BCUT2D eigenvalue weighted by Crippen LogP contribution is -2.12. The SMILES string of the molecule is NC(=S)c1c(Cl)cccc1Nc1ccc2c(c1)OCO2. The Morgan fingerprint density at radius 1 is 1.20 bits per heavy atom. The van der Waals surface area contributed by atoms with Gasteiger partial charge in [0.1, 0.15) is 4.99 Å². The summed E-state index contributed by atoms with van der Waals surface area (Å²) in [5, 5.41) is 3.75. The van der Waals surface area contributed by atoms with Crippen molar-refractivity contribution in [2.75, 3.05) is 12.1 Å². The maximum atomic E-state index is 6.13. The molecule has 2 aromatic carbocycles. The molecule has 0 saturated heterocycles. The van der Waals surface area contributed by atoms with E-state index >= 15 is 0 Å². The molecule has 0 atom stereocenters. The van der Waals surface area contributed by atoms with E-state index in [1.807, 2.05) is 30.3 Å². The number of nitrogens with two attached hydrogens (primary N) is 1. The van der Waals surface area contributed by atoms with E-state index in [0.717, 1.165) is 17.1 Å². The molecule has 6 heteroatoms. The van der Waals surface area contributed by atoms with E-state index in [-0.39, 0.29) is 11.8 Å². The van der Waals surface area contributed by atoms with Crippen LogP contribution >= 0.6 is 23.8 Å². The summed E-state index contributed by atoms with van der Waals surface area (Å²) in [6.07, 6.45) is 0. The molecule has 0 amide bonds. The van der Waals surface area contributed by atoms with Gasteiger partial charge in [0.05, 0.1) is 16.3 Å². The fraction of sp³-hybridized carbons (Fsp3) is 0.0714. The number of ether oxygens (including phenoxy) is 2. The summed E-state index contributed by atoms with van der Waals surface area (Å²) < 4.78 is 10.6. The summed E-state index contributed by atoms with van der Waals surface area (Å²) in [6.45, 7) is 0.244. The summed E-state index contributed by atoms with van der Waals surface area (Å²) in [5.41, 5.74) is 7.94. The van der Waals surface area contributed by atoms with E-state index in [4.69, 9.17) is 39.0 Å². The van der Waals surface area contributed by atoms with E-state index in [2.05, 4.69) is 5.32 Å². The van der Waals surface area contributed by atoms with Crippen LogP contribution in [0.15, 0.2) is 36.4 Å². The molecule has 1 aliphatic heterocycles. The number of nitrogens with one attached hydrogen (secondary N) is 1. The molecule has 0 aromatic heterocycles. The Labute approximate surface area is 126 Å². The Hall–Kier alpha value is -1.98. The topological polar surface area (TPSA) is 56.5 Å². The second-order valence-electron chi connectivity index (χ2n) is 4.22. The Bertz CT molecular complexity index is 691. The van der Waals surface area contributed by atoms with Crippen molar-refractivity contribution in [1.82, 2.24) is 0 Å². The van der Waals surface area contributed by atoms with Crippen LogP contribution in [0.3, 0.4) is 0 Å². The van der Waals surface area contributed by atoms with Crippen LogP contribution in [0.4, 0.5) is 11.4 Å². The van der Waals surface area contributed by atoms with E-state index in [1.165, 1.54) is 0 Å². The number of halogens is 1. The first kappa shape index (κ1) is 13.0. The third kappa shape index (κ3) is 2.37. The fourth-order valence-corrected chi connectivity index (χ4v) is 2.56. The minimum absolute atomic E-state index is 0.244. The van der Waals surface area contributed by atoms with Crippen LogP contribution in [0.2, 0.25) is 5.02 Å². The molecule has 0 unspecified atom stereocenters. The second kappa shape index (κ2) is 5.19. The van der Waals surface area contributed by atoms with Crippen LogP contribution in [0.5, 0.6) is 11.5 Å². The van der Waals surface area contributed by atoms with Crippen molar-refractivity contribution in [3.05, 3.63) is 47.0 Å². The van der Waals surface area contributed by atoms with Gasteiger partial charge in [0.15, 0.2) is 11.5 Å². The molecular weight excluding hydrogens is 296 g/mol. The molecule has 0 saturated carbocycles. The molecule has 2 aromatic rings. The quantitative estimate of drug-likeness (QED) is 0.851. The molecule has 1 aliphatic rings. The third-order valence-corrected chi connectivity index (χ3v) is 3.43. The summed E-state index contributed by atoms with van der Waals surface area (Å²) in [4.78, 5) is 0.249. The van der Waals surface area contributed by atoms with Gasteiger partial charge in [-0.1, -0.05) is 29.9 Å². The predicted octanol–water partition coefficient (Wildman–Crippen LogP) is 3.45. The number of thiocarbonyl (C=S) groups is 1. The van der Waals surface area contributed by atoms with Gasteiger partial charge in [0.2, 0.25) is 6.79 Å². The number of hydrogen-bond acceptors (Lipinski definition) is 4. The largest absolute Gasteiger partial charge is 0.454 e. The van der Waals surface area contributed by atoms with Crippen LogP contribution in [-0.2, 0) is 0 Å². The Balaban J connectivity index is 1.95. The Morgan fingerprint density at radius 3 is 2.80 bits per heavy atom. The van der Waals surface area contributed by atoms with Gasteiger partial charge in [0, 0.05) is 11.8 Å². The normalized spacial score (nSPS) is 12.2. The van der Waals surface area contributed by atoms with Crippen molar-refractivity contribution in [3.8, 4) is 11.5 Å². The average molecular weight is 307 g/mol. The van der Waals surface area contributed by atoms with Crippen molar-refractivity contribution in [2.24, 2.45) is 5.73 Å². The molecule has 102 valence electrons. The molecule has 0 radical (unpaired) electrons. The van der Waals surface area contributed by atoms with Crippen molar-refractivity contribution >= 4 is 40.2 Å². The molecular formula is C14H11ClN2O2S.